The third-order valence-corrected chi connectivity index (χ3v) is 4.94. The summed E-state index contributed by atoms with van der Waals surface area (Å²) in [5.74, 6) is 0.811. The van der Waals surface area contributed by atoms with Crippen LogP contribution >= 0.6 is 22.7 Å². The van der Waals surface area contributed by atoms with Crippen molar-refractivity contribution in [2.45, 2.75) is 6.42 Å². The molecule has 0 aliphatic heterocycles. The Labute approximate surface area is 127 Å². The number of rotatable bonds is 4. The number of fused-ring (bicyclic) bond motifs is 3. The summed E-state index contributed by atoms with van der Waals surface area (Å²) in [4.78, 5) is 26.3. The van der Waals surface area contributed by atoms with Gasteiger partial charge in [0.25, 0.3) is 5.91 Å². The molecule has 21 heavy (non-hydrogen) atoms. The number of nitrogens with one attached hydrogen (secondary N) is 2. The van der Waals surface area contributed by atoms with Crippen LogP contribution in [-0.2, 0) is 6.42 Å². The van der Waals surface area contributed by atoms with Gasteiger partial charge in [0, 0.05) is 36.9 Å². The lowest BCUT2D eigenvalue weighted by molar-refractivity contribution is 0.0958. The Morgan fingerprint density at radius 1 is 1.48 bits per heavy atom. The van der Waals surface area contributed by atoms with Gasteiger partial charge in [-0.25, -0.2) is 9.97 Å². The Bertz CT molecular complexity index is 902. The van der Waals surface area contributed by atoms with E-state index < -0.39 is 0 Å². The number of amides is 1. The molecule has 4 aromatic rings. The average molecular weight is 317 g/mol. The minimum absolute atomic E-state index is 0.0615. The van der Waals surface area contributed by atoms with Crippen LogP contribution in [0.2, 0.25) is 0 Å². The number of carbonyl (C=O) groups is 1. The molecule has 0 aliphatic carbocycles. The maximum atomic E-state index is 12.1. The first-order chi connectivity index (χ1) is 10.3. The molecule has 2 N–H and O–H groups in total. The van der Waals surface area contributed by atoms with E-state index in [1.54, 1.807) is 23.7 Å². The van der Waals surface area contributed by atoms with Crippen molar-refractivity contribution in [2.75, 3.05) is 6.54 Å². The van der Waals surface area contributed by atoms with Crippen molar-refractivity contribution in [3.05, 3.63) is 40.7 Å². The number of aromatic amines is 1. The molecule has 0 aromatic carbocycles. The molecule has 0 saturated heterocycles. The van der Waals surface area contributed by atoms with Crippen LogP contribution in [0.25, 0.3) is 15.3 Å². The second-order valence-electron chi connectivity index (χ2n) is 4.51. The van der Waals surface area contributed by atoms with E-state index in [4.69, 9.17) is 0 Å². The smallest absolute Gasteiger partial charge is 0.261 e. The number of imidazole rings is 2. The monoisotopic (exact) mass is 317 g/mol. The Kier molecular flexibility index (Phi) is 2.97. The van der Waals surface area contributed by atoms with E-state index in [0.717, 1.165) is 21.1 Å². The Morgan fingerprint density at radius 3 is 3.29 bits per heavy atom. The third-order valence-electron chi connectivity index (χ3n) is 3.17. The van der Waals surface area contributed by atoms with Crippen LogP contribution in [0.5, 0.6) is 0 Å². The Hall–Kier alpha value is -2.19. The molecule has 0 aliphatic rings. The lowest BCUT2D eigenvalue weighted by Gasteiger charge is -2.01. The Morgan fingerprint density at radius 2 is 2.43 bits per heavy atom. The zero-order valence-corrected chi connectivity index (χ0v) is 12.5. The molecule has 0 spiro atoms. The van der Waals surface area contributed by atoms with Gasteiger partial charge in [-0.1, -0.05) is 0 Å². The molecule has 1 amide bonds. The highest BCUT2D eigenvalue weighted by Crippen LogP contribution is 2.28. The zero-order chi connectivity index (χ0) is 14.2. The van der Waals surface area contributed by atoms with Crippen LogP contribution in [0.15, 0.2) is 30.0 Å². The van der Waals surface area contributed by atoms with Gasteiger partial charge in [0.1, 0.15) is 10.7 Å². The van der Waals surface area contributed by atoms with Crippen molar-refractivity contribution in [2.24, 2.45) is 0 Å². The largest absolute Gasteiger partial charge is 0.351 e. The summed E-state index contributed by atoms with van der Waals surface area (Å²) in [5, 5.41) is 4.90. The van der Waals surface area contributed by atoms with Gasteiger partial charge in [-0.05, 0) is 6.07 Å². The van der Waals surface area contributed by atoms with Crippen molar-refractivity contribution >= 4 is 43.9 Å². The second-order valence-corrected chi connectivity index (χ2v) is 6.41. The maximum Gasteiger partial charge on any atom is 0.261 e. The van der Waals surface area contributed by atoms with Crippen molar-refractivity contribution in [1.29, 1.82) is 0 Å². The molecule has 6 nitrogen and oxygen atoms in total. The van der Waals surface area contributed by atoms with E-state index in [9.17, 15) is 4.79 Å². The van der Waals surface area contributed by atoms with Gasteiger partial charge in [-0.2, -0.15) is 0 Å². The quantitative estimate of drug-likeness (QED) is 0.606. The summed E-state index contributed by atoms with van der Waals surface area (Å²) in [6, 6.07) is 1.90. The number of hydrogen-bond donors (Lipinski definition) is 2. The van der Waals surface area contributed by atoms with Gasteiger partial charge in [0.2, 0.25) is 0 Å². The summed E-state index contributed by atoms with van der Waals surface area (Å²) in [7, 11) is 0. The average Bonchev–Trinajstić information content (AvgIpc) is 3.19. The molecular weight excluding hydrogens is 306 g/mol. The van der Waals surface area contributed by atoms with Crippen molar-refractivity contribution < 1.29 is 4.79 Å². The number of carbonyl (C=O) groups excluding carboxylic acids is 1. The summed E-state index contributed by atoms with van der Waals surface area (Å²) in [6.07, 6.45) is 6.15. The van der Waals surface area contributed by atoms with E-state index in [2.05, 4.69) is 20.3 Å². The fraction of sp³-hybridized carbons (Fsp3) is 0.154. The second kappa shape index (κ2) is 4.97. The molecule has 0 fully saturated rings. The molecule has 0 saturated carbocycles. The number of aromatic nitrogens is 4. The van der Waals surface area contributed by atoms with E-state index in [-0.39, 0.29) is 5.91 Å². The minimum Gasteiger partial charge on any atom is -0.351 e. The molecule has 4 rings (SSSR count). The standard InChI is InChI=1S/C13H11N5OS2/c19-11(16-2-1-10-14-3-4-15-10)9-7-8-12(21-9)17-13-18(8)5-6-20-13/h3-7H,1-2H2,(H,14,15)(H,16,19). The molecule has 0 bridgehead atoms. The minimum atomic E-state index is -0.0615. The van der Waals surface area contributed by atoms with Crippen LogP contribution in [-0.4, -0.2) is 31.8 Å². The van der Waals surface area contributed by atoms with Crippen LogP contribution < -0.4 is 5.32 Å². The van der Waals surface area contributed by atoms with Crippen molar-refractivity contribution in [3.8, 4) is 0 Å². The first kappa shape index (κ1) is 12.5. The lowest BCUT2D eigenvalue weighted by atomic mass is 10.3. The van der Waals surface area contributed by atoms with E-state index in [1.165, 1.54) is 11.3 Å². The normalized spacial score (nSPS) is 11.4. The highest BCUT2D eigenvalue weighted by molar-refractivity contribution is 7.21. The maximum absolute atomic E-state index is 12.1. The predicted octanol–water partition coefficient (Wildman–Crippen LogP) is 2.31. The fourth-order valence-corrected chi connectivity index (χ4v) is 3.89. The van der Waals surface area contributed by atoms with E-state index in [0.29, 0.717) is 17.8 Å². The molecular formula is C13H11N5OS2. The van der Waals surface area contributed by atoms with E-state index >= 15 is 0 Å². The molecule has 0 radical (unpaired) electrons. The molecule has 4 aromatic heterocycles. The number of nitrogens with zero attached hydrogens (tertiary/aromatic N) is 3. The van der Waals surface area contributed by atoms with Crippen molar-refractivity contribution in [1.82, 2.24) is 24.7 Å². The summed E-state index contributed by atoms with van der Waals surface area (Å²) in [5.41, 5.74) is 0.993. The zero-order valence-electron chi connectivity index (χ0n) is 10.9. The topological polar surface area (TPSA) is 75.1 Å². The van der Waals surface area contributed by atoms with Crippen LogP contribution in [0.3, 0.4) is 0 Å². The molecule has 0 atom stereocenters. The first-order valence-electron chi connectivity index (χ1n) is 6.43. The fourth-order valence-electron chi connectivity index (χ4n) is 2.18. The Balaban J connectivity index is 1.49. The predicted molar refractivity (Wildman–Crippen MR) is 83.1 cm³/mol. The van der Waals surface area contributed by atoms with Crippen LogP contribution in [0.4, 0.5) is 0 Å². The van der Waals surface area contributed by atoms with Gasteiger partial charge in [-0.15, -0.1) is 22.7 Å². The van der Waals surface area contributed by atoms with Crippen LogP contribution in [0.1, 0.15) is 15.5 Å². The highest BCUT2D eigenvalue weighted by atomic mass is 32.1. The molecule has 4 heterocycles. The van der Waals surface area contributed by atoms with Crippen molar-refractivity contribution in [3.63, 3.8) is 0 Å². The van der Waals surface area contributed by atoms with E-state index in [1.807, 2.05) is 22.0 Å². The number of thiophene rings is 1. The molecule has 8 heteroatoms. The van der Waals surface area contributed by atoms with Gasteiger partial charge in [0.15, 0.2) is 4.96 Å². The summed E-state index contributed by atoms with van der Waals surface area (Å²) in [6.45, 7) is 0.558. The summed E-state index contributed by atoms with van der Waals surface area (Å²) >= 11 is 3.01. The summed E-state index contributed by atoms with van der Waals surface area (Å²) < 4.78 is 2.01. The van der Waals surface area contributed by atoms with Gasteiger partial charge < -0.3 is 10.3 Å². The van der Waals surface area contributed by atoms with Gasteiger partial charge >= 0.3 is 0 Å². The van der Waals surface area contributed by atoms with Gasteiger partial charge in [0.05, 0.1) is 10.4 Å². The number of thiazole rings is 1. The van der Waals surface area contributed by atoms with Gasteiger partial charge in [-0.3, -0.25) is 9.20 Å². The molecule has 0 unspecified atom stereocenters. The lowest BCUT2D eigenvalue weighted by Crippen LogP contribution is -2.25. The highest BCUT2D eigenvalue weighted by Gasteiger charge is 2.14. The molecule has 106 valence electrons. The SMILES string of the molecule is O=C(NCCc1ncc[nH]1)c1cc2c(nc3sccn32)s1. The first-order valence-corrected chi connectivity index (χ1v) is 8.12. The number of hydrogen-bond acceptors (Lipinski definition) is 5. The number of H-pyrrole nitrogens is 1. The van der Waals surface area contributed by atoms with Crippen LogP contribution in [0, 0.1) is 0 Å². The third kappa shape index (κ3) is 2.22.